The molecule has 0 bridgehead atoms. The molecule has 0 aliphatic heterocycles. The first-order chi connectivity index (χ1) is 14.8. The minimum atomic E-state index is -1.52. The second kappa shape index (κ2) is 9.16. The van der Waals surface area contributed by atoms with E-state index < -0.39 is 35.7 Å². The van der Waals surface area contributed by atoms with E-state index in [0.717, 1.165) is 5.56 Å². The first-order valence-electron chi connectivity index (χ1n) is 9.23. The number of rotatable bonds is 7. The Morgan fingerprint density at radius 3 is 2.52 bits per heavy atom. The van der Waals surface area contributed by atoms with Crippen molar-refractivity contribution in [1.29, 1.82) is 0 Å². The molecule has 2 heterocycles. The second-order valence-electron chi connectivity index (χ2n) is 6.54. The van der Waals surface area contributed by atoms with E-state index in [1.165, 1.54) is 18.3 Å². The van der Waals surface area contributed by atoms with Gasteiger partial charge in [0.25, 0.3) is 0 Å². The molecule has 0 saturated heterocycles. The number of aromatic nitrogens is 2. The van der Waals surface area contributed by atoms with Gasteiger partial charge in [0.2, 0.25) is 5.91 Å². The number of carboxylic acids is 1. The van der Waals surface area contributed by atoms with E-state index in [9.17, 15) is 29.0 Å². The van der Waals surface area contributed by atoms with Crippen LogP contribution < -0.4 is 5.32 Å². The molecule has 0 aliphatic rings. The number of aromatic carboxylic acids is 1. The molecule has 0 spiro atoms. The predicted molar refractivity (Wildman–Crippen MR) is 107 cm³/mol. The predicted octanol–water partition coefficient (Wildman–Crippen LogP) is 2.66. The van der Waals surface area contributed by atoms with Crippen molar-refractivity contribution in [2.24, 2.45) is 0 Å². The van der Waals surface area contributed by atoms with E-state index in [0.29, 0.717) is 12.0 Å². The van der Waals surface area contributed by atoms with Crippen molar-refractivity contribution in [2.75, 3.05) is 11.9 Å². The topological polar surface area (TPSA) is 139 Å². The summed E-state index contributed by atoms with van der Waals surface area (Å²) in [5, 5.41) is 22.1. The lowest BCUT2D eigenvalue weighted by atomic mass is 10.0. The Morgan fingerprint density at radius 2 is 1.87 bits per heavy atom. The molecule has 0 aliphatic carbocycles. The lowest BCUT2D eigenvalue weighted by Crippen LogP contribution is -2.19. The van der Waals surface area contributed by atoms with Crippen LogP contribution in [0.3, 0.4) is 0 Å². The van der Waals surface area contributed by atoms with Crippen LogP contribution in [0.1, 0.15) is 35.0 Å². The number of hydrogen-bond acceptors (Lipinski definition) is 7. The summed E-state index contributed by atoms with van der Waals surface area (Å²) in [5.41, 5.74) is 0.651. The molecule has 0 saturated carbocycles. The van der Waals surface area contributed by atoms with Gasteiger partial charge in [-0.3, -0.25) is 14.6 Å². The number of amides is 1. The van der Waals surface area contributed by atoms with Gasteiger partial charge in [0.1, 0.15) is 23.6 Å². The maximum Gasteiger partial charge on any atom is 0.358 e. The molecule has 0 fully saturated rings. The molecular weight excluding hydrogens is 409 g/mol. The van der Waals surface area contributed by atoms with Crippen molar-refractivity contribution in [1.82, 2.24) is 9.97 Å². The number of carbonyl (C=O) groups excluding carboxylic acids is 2. The average molecular weight is 427 g/mol. The Balaban J connectivity index is 2.01. The van der Waals surface area contributed by atoms with Crippen LogP contribution in [0.25, 0.3) is 10.9 Å². The number of carbonyl (C=O) groups is 3. The summed E-state index contributed by atoms with van der Waals surface area (Å²) in [7, 11) is 0. The van der Waals surface area contributed by atoms with E-state index in [2.05, 4.69) is 15.3 Å². The Kier molecular flexibility index (Phi) is 6.39. The van der Waals surface area contributed by atoms with Gasteiger partial charge in [0, 0.05) is 11.6 Å². The molecule has 3 aromatic rings. The summed E-state index contributed by atoms with van der Waals surface area (Å²) in [5.74, 6) is -4.23. The van der Waals surface area contributed by atoms with Crippen LogP contribution in [-0.2, 0) is 20.7 Å². The van der Waals surface area contributed by atoms with Crippen molar-refractivity contribution in [3.8, 4) is 5.75 Å². The monoisotopic (exact) mass is 427 g/mol. The molecule has 2 aromatic heterocycles. The number of esters is 1. The molecule has 9 nitrogen and oxygen atoms in total. The molecular formula is C21H18FN3O6. The number of benzene rings is 1. The zero-order valence-corrected chi connectivity index (χ0v) is 16.4. The number of hydrogen-bond donors (Lipinski definition) is 3. The Morgan fingerprint density at radius 1 is 1.16 bits per heavy atom. The normalized spacial score (nSPS) is 10.6. The van der Waals surface area contributed by atoms with E-state index in [-0.39, 0.29) is 29.1 Å². The maximum atomic E-state index is 13.1. The Hall–Kier alpha value is -4.08. The molecule has 3 N–H and O–H groups in total. The number of halogens is 1. The maximum absolute atomic E-state index is 13.1. The third-order valence-electron chi connectivity index (χ3n) is 4.26. The fourth-order valence-electron chi connectivity index (χ4n) is 2.91. The highest BCUT2D eigenvalue weighted by atomic mass is 19.1. The third kappa shape index (κ3) is 5.10. The molecule has 0 unspecified atom stereocenters. The second-order valence-corrected chi connectivity index (χ2v) is 6.54. The number of anilines is 1. The first kappa shape index (κ1) is 21.6. The number of pyridine rings is 2. The molecule has 160 valence electrons. The summed E-state index contributed by atoms with van der Waals surface area (Å²) in [6, 6.07) is 7.41. The number of aromatic hydroxyl groups is 1. The van der Waals surface area contributed by atoms with Crippen LogP contribution in [0, 0.1) is 5.82 Å². The highest BCUT2D eigenvalue weighted by molar-refractivity contribution is 6.08. The fraction of sp³-hybridized carbons (Fsp3) is 0.190. The van der Waals surface area contributed by atoms with Crippen LogP contribution in [0.4, 0.5) is 10.2 Å². The SMILES string of the molecule is CCOC(=O)CC(=O)Nc1nc(C(=O)O)c(O)c2ncc(Cc3ccc(F)cc3)cc12. The fourth-order valence-corrected chi connectivity index (χ4v) is 2.91. The molecule has 0 radical (unpaired) electrons. The van der Waals surface area contributed by atoms with E-state index in [4.69, 9.17) is 4.74 Å². The summed E-state index contributed by atoms with van der Waals surface area (Å²) in [4.78, 5) is 43.1. The molecule has 1 aromatic carbocycles. The lowest BCUT2D eigenvalue weighted by Gasteiger charge is -2.12. The number of carboxylic acid groups (broad SMARTS) is 1. The van der Waals surface area contributed by atoms with Gasteiger partial charge in [-0.25, -0.2) is 14.2 Å². The smallest absolute Gasteiger partial charge is 0.358 e. The van der Waals surface area contributed by atoms with Gasteiger partial charge >= 0.3 is 11.9 Å². The summed E-state index contributed by atoms with van der Waals surface area (Å²) in [6.07, 6.45) is 1.20. The van der Waals surface area contributed by atoms with Crippen molar-refractivity contribution in [2.45, 2.75) is 19.8 Å². The number of nitrogens with one attached hydrogen (secondary N) is 1. The van der Waals surface area contributed by atoms with Crippen molar-refractivity contribution in [3.63, 3.8) is 0 Å². The number of fused-ring (bicyclic) bond motifs is 1. The van der Waals surface area contributed by atoms with Gasteiger partial charge in [0.15, 0.2) is 11.4 Å². The summed E-state index contributed by atoms with van der Waals surface area (Å²) >= 11 is 0. The first-order valence-corrected chi connectivity index (χ1v) is 9.23. The quantitative estimate of drug-likeness (QED) is 0.386. The van der Waals surface area contributed by atoms with E-state index in [1.807, 2.05) is 0 Å². The van der Waals surface area contributed by atoms with Crippen LogP contribution in [0.15, 0.2) is 36.5 Å². The minimum absolute atomic E-state index is 0.0818. The highest BCUT2D eigenvalue weighted by Gasteiger charge is 2.22. The molecule has 0 atom stereocenters. The average Bonchev–Trinajstić information content (AvgIpc) is 2.71. The molecule has 3 rings (SSSR count). The van der Waals surface area contributed by atoms with Crippen LogP contribution in [0.2, 0.25) is 0 Å². The lowest BCUT2D eigenvalue weighted by molar-refractivity contribution is -0.145. The summed E-state index contributed by atoms with van der Waals surface area (Å²) in [6.45, 7) is 1.70. The Labute approximate surface area is 175 Å². The van der Waals surface area contributed by atoms with Gasteiger partial charge < -0.3 is 20.3 Å². The van der Waals surface area contributed by atoms with Gasteiger partial charge in [-0.05, 0) is 42.7 Å². The van der Waals surface area contributed by atoms with Crippen LogP contribution in [0.5, 0.6) is 5.75 Å². The zero-order valence-electron chi connectivity index (χ0n) is 16.4. The van der Waals surface area contributed by atoms with Gasteiger partial charge in [0.05, 0.1) is 6.61 Å². The molecule has 31 heavy (non-hydrogen) atoms. The minimum Gasteiger partial charge on any atom is -0.504 e. The van der Waals surface area contributed by atoms with Gasteiger partial charge in [-0.1, -0.05) is 12.1 Å². The standard InChI is InChI=1S/C21H18FN3O6/c1-2-31-16(27)9-15(26)24-20-14-8-12(7-11-3-5-13(22)6-4-11)10-23-17(14)19(28)18(25-20)21(29)30/h3-6,8,10,28H,2,7,9H2,1H3,(H,29,30)(H,24,25,26). The number of nitrogens with zero attached hydrogens (tertiary/aromatic N) is 2. The Bertz CT molecular complexity index is 1160. The van der Waals surface area contributed by atoms with Crippen molar-refractivity contribution in [3.05, 3.63) is 59.2 Å². The molecule has 10 heteroatoms. The van der Waals surface area contributed by atoms with Crippen LogP contribution in [-0.4, -0.2) is 44.6 Å². The number of ether oxygens (including phenoxy) is 1. The van der Waals surface area contributed by atoms with Gasteiger partial charge in [-0.15, -0.1) is 0 Å². The summed E-state index contributed by atoms with van der Waals surface area (Å²) < 4.78 is 17.8. The van der Waals surface area contributed by atoms with E-state index in [1.54, 1.807) is 25.1 Å². The van der Waals surface area contributed by atoms with E-state index >= 15 is 0 Å². The zero-order chi connectivity index (χ0) is 22.5. The van der Waals surface area contributed by atoms with Crippen molar-refractivity contribution < 1.29 is 33.7 Å². The highest BCUT2D eigenvalue weighted by Crippen LogP contribution is 2.32. The third-order valence-corrected chi connectivity index (χ3v) is 4.26. The largest absolute Gasteiger partial charge is 0.504 e. The van der Waals surface area contributed by atoms with Crippen molar-refractivity contribution >= 4 is 34.6 Å². The molecule has 1 amide bonds. The van der Waals surface area contributed by atoms with Gasteiger partial charge in [-0.2, -0.15) is 0 Å². The van der Waals surface area contributed by atoms with Crippen LogP contribution >= 0.6 is 0 Å².